The average molecular weight is 208 g/mol. The summed E-state index contributed by atoms with van der Waals surface area (Å²) in [6, 6.07) is 0. The summed E-state index contributed by atoms with van der Waals surface area (Å²) >= 11 is 0. The predicted octanol–water partition coefficient (Wildman–Crippen LogP) is 3.10. The van der Waals surface area contributed by atoms with Gasteiger partial charge in [-0.25, -0.2) is 0 Å². The number of carbonyl (C=O) groups is 1. The largest absolute Gasteiger partial charge is 0.469 e. The van der Waals surface area contributed by atoms with E-state index in [1.807, 2.05) is 0 Å². The molecule has 2 unspecified atom stereocenters. The predicted molar refractivity (Wildman–Crippen MR) is 61.4 cm³/mol. The van der Waals surface area contributed by atoms with E-state index in [1.165, 1.54) is 26.4 Å². The Bertz CT molecular complexity index is 243. The molecule has 0 amide bonds. The number of allylic oxidation sites excluding steroid dienone is 3. The molecular weight excluding hydrogens is 188 g/mol. The number of carbonyl (C=O) groups excluding carboxylic acids is 1. The van der Waals surface area contributed by atoms with Crippen molar-refractivity contribution < 1.29 is 9.53 Å². The average Bonchev–Trinajstić information content (AvgIpc) is 2.72. The van der Waals surface area contributed by atoms with E-state index in [0.717, 1.165) is 6.42 Å². The second kappa shape index (κ2) is 6.44. The Morgan fingerprint density at radius 2 is 2.20 bits per heavy atom. The van der Waals surface area contributed by atoms with Gasteiger partial charge in [0.2, 0.25) is 0 Å². The lowest BCUT2D eigenvalue weighted by Gasteiger charge is -2.02. The van der Waals surface area contributed by atoms with Gasteiger partial charge in [-0.1, -0.05) is 18.2 Å². The minimum Gasteiger partial charge on any atom is -0.469 e. The fraction of sp³-hybridized carbons (Fsp3) is 0.615. The summed E-state index contributed by atoms with van der Waals surface area (Å²) < 4.78 is 4.57. The van der Waals surface area contributed by atoms with E-state index in [4.69, 9.17) is 0 Å². The van der Waals surface area contributed by atoms with Crippen molar-refractivity contribution in [2.75, 3.05) is 7.11 Å². The van der Waals surface area contributed by atoms with E-state index in [-0.39, 0.29) is 5.97 Å². The highest BCUT2D eigenvalue weighted by Gasteiger charge is 2.19. The molecule has 0 aromatic heterocycles. The minimum absolute atomic E-state index is 0.130. The van der Waals surface area contributed by atoms with E-state index >= 15 is 0 Å². The Kier molecular flexibility index (Phi) is 5.16. The Morgan fingerprint density at radius 1 is 1.47 bits per heavy atom. The lowest BCUT2D eigenvalue weighted by atomic mass is 10.0. The number of hydrogen-bond acceptors (Lipinski definition) is 2. The van der Waals surface area contributed by atoms with Gasteiger partial charge in [-0.05, 0) is 37.5 Å². The first-order chi connectivity index (χ1) is 7.26. The summed E-state index contributed by atoms with van der Waals surface area (Å²) in [5.41, 5.74) is 0. The number of rotatable bonds is 5. The van der Waals surface area contributed by atoms with Gasteiger partial charge in [0.15, 0.2) is 0 Å². The van der Waals surface area contributed by atoms with Gasteiger partial charge in [-0.2, -0.15) is 0 Å². The molecule has 0 heterocycles. The summed E-state index contributed by atoms with van der Waals surface area (Å²) in [5.74, 6) is 1.25. The van der Waals surface area contributed by atoms with Crippen molar-refractivity contribution in [3.63, 3.8) is 0 Å². The van der Waals surface area contributed by atoms with Crippen LogP contribution in [-0.4, -0.2) is 13.1 Å². The van der Waals surface area contributed by atoms with Crippen molar-refractivity contribution in [2.24, 2.45) is 11.8 Å². The molecule has 15 heavy (non-hydrogen) atoms. The maximum absolute atomic E-state index is 10.8. The van der Waals surface area contributed by atoms with Gasteiger partial charge >= 0.3 is 5.97 Å². The van der Waals surface area contributed by atoms with Crippen LogP contribution in [0.3, 0.4) is 0 Å². The lowest BCUT2D eigenvalue weighted by molar-refractivity contribution is -0.140. The number of methoxy groups -OCH3 is 1. The fourth-order valence-corrected chi connectivity index (χ4v) is 2.03. The van der Waals surface area contributed by atoms with E-state index in [1.54, 1.807) is 0 Å². The van der Waals surface area contributed by atoms with Gasteiger partial charge in [0.05, 0.1) is 7.11 Å². The Balaban J connectivity index is 2.16. The summed E-state index contributed by atoms with van der Waals surface area (Å²) in [6.07, 6.45) is 11.4. The Labute approximate surface area is 92.0 Å². The van der Waals surface area contributed by atoms with E-state index in [0.29, 0.717) is 18.3 Å². The van der Waals surface area contributed by atoms with Crippen molar-refractivity contribution in [1.82, 2.24) is 0 Å². The first-order valence-corrected chi connectivity index (χ1v) is 5.62. The molecule has 0 bridgehead atoms. The highest BCUT2D eigenvalue weighted by atomic mass is 16.5. The van der Waals surface area contributed by atoms with Gasteiger partial charge < -0.3 is 4.74 Å². The summed E-state index contributed by atoms with van der Waals surface area (Å²) in [7, 11) is 1.43. The van der Waals surface area contributed by atoms with Crippen LogP contribution in [0.25, 0.3) is 0 Å². The van der Waals surface area contributed by atoms with Gasteiger partial charge in [0, 0.05) is 6.42 Å². The topological polar surface area (TPSA) is 26.3 Å². The van der Waals surface area contributed by atoms with Crippen LogP contribution < -0.4 is 0 Å². The van der Waals surface area contributed by atoms with Crippen molar-refractivity contribution >= 4 is 5.97 Å². The second-order valence-electron chi connectivity index (χ2n) is 4.11. The smallest absolute Gasteiger partial charge is 0.305 e. The van der Waals surface area contributed by atoms with Crippen LogP contribution in [-0.2, 0) is 9.53 Å². The van der Waals surface area contributed by atoms with Gasteiger partial charge in [0.1, 0.15) is 0 Å². The third kappa shape index (κ3) is 4.32. The fourth-order valence-electron chi connectivity index (χ4n) is 2.03. The monoisotopic (exact) mass is 208 g/mol. The van der Waals surface area contributed by atoms with Gasteiger partial charge in [-0.3, -0.25) is 4.79 Å². The van der Waals surface area contributed by atoms with Crippen molar-refractivity contribution in [1.29, 1.82) is 0 Å². The molecule has 1 rings (SSSR count). The van der Waals surface area contributed by atoms with Crippen molar-refractivity contribution in [3.8, 4) is 0 Å². The molecule has 2 atom stereocenters. The van der Waals surface area contributed by atoms with Crippen LogP contribution in [0.15, 0.2) is 24.8 Å². The van der Waals surface area contributed by atoms with Crippen molar-refractivity contribution in [3.05, 3.63) is 24.8 Å². The van der Waals surface area contributed by atoms with Crippen LogP contribution in [0, 0.1) is 11.8 Å². The SMILES string of the molecule is C=CC1CCC(/C=C/CCC(=O)OC)C1. The van der Waals surface area contributed by atoms with Crippen LogP contribution in [0.4, 0.5) is 0 Å². The molecule has 0 aromatic rings. The maximum atomic E-state index is 10.8. The van der Waals surface area contributed by atoms with E-state index in [9.17, 15) is 4.79 Å². The zero-order valence-electron chi connectivity index (χ0n) is 9.45. The second-order valence-corrected chi connectivity index (χ2v) is 4.11. The van der Waals surface area contributed by atoms with Gasteiger partial charge in [0.25, 0.3) is 0 Å². The normalized spacial score (nSPS) is 25.7. The van der Waals surface area contributed by atoms with Crippen molar-refractivity contribution in [2.45, 2.75) is 32.1 Å². The number of hydrogen-bond donors (Lipinski definition) is 0. The summed E-state index contributed by atoms with van der Waals surface area (Å²) in [6.45, 7) is 3.82. The number of esters is 1. The zero-order chi connectivity index (χ0) is 11.1. The molecule has 1 aliphatic rings. The third-order valence-corrected chi connectivity index (χ3v) is 3.00. The highest BCUT2D eigenvalue weighted by molar-refractivity contribution is 5.69. The maximum Gasteiger partial charge on any atom is 0.305 e. The minimum atomic E-state index is -0.130. The first kappa shape index (κ1) is 12.0. The molecule has 0 N–H and O–H groups in total. The van der Waals surface area contributed by atoms with Crippen LogP contribution >= 0.6 is 0 Å². The lowest BCUT2D eigenvalue weighted by Crippen LogP contribution is -1.98. The molecule has 1 saturated carbocycles. The molecule has 0 aliphatic heterocycles. The Morgan fingerprint density at radius 3 is 2.80 bits per heavy atom. The molecule has 0 saturated heterocycles. The molecular formula is C13H20O2. The first-order valence-electron chi connectivity index (χ1n) is 5.62. The molecule has 0 radical (unpaired) electrons. The van der Waals surface area contributed by atoms with E-state index in [2.05, 4.69) is 29.5 Å². The van der Waals surface area contributed by atoms with Crippen LogP contribution in [0.1, 0.15) is 32.1 Å². The van der Waals surface area contributed by atoms with Gasteiger partial charge in [-0.15, -0.1) is 6.58 Å². The summed E-state index contributed by atoms with van der Waals surface area (Å²) in [5, 5.41) is 0. The molecule has 84 valence electrons. The summed E-state index contributed by atoms with van der Waals surface area (Å²) in [4.78, 5) is 10.8. The van der Waals surface area contributed by atoms with Crippen LogP contribution in [0.5, 0.6) is 0 Å². The zero-order valence-corrected chi connectivity index (χ0v) is 9.45. The van der Waals surface area contributed by atoms with E-state index < -0.39 is 0 Å². The number of ether oxygens (including phenoxy) is 1. The Hall–Kier alpha value is -1.05. The molecule has 0 spiro atoms. The standard InChI is InChI=1S/C13H20O2/c1-3-11-8-9-12(10-11)6-4-5-7-13(14)15-2/h3-4,6,11-12H,1,5,7-10H2,2H3/b6-4+. The molecule has 2 heteroatoms. The third-order valence-electron chi connectivity index (χ3n) is 3.00. The molecule has 0 aromatic carbocycles. The quantitative estimate of drug-likeness (QED) is 0.512. The molecule has 1 fully saturated rings. The highest BCUT2D eigenvalue weighted by Crippen LogP contribution is 2.32. The molecule has 2 nitrogen and oxygen atoms in total. The molecule has 1 aliphatic carbocycles. The van der Waals surface area contributed by atoms with Crippen LogP contribution in [0.2, 0.25) is 0 Å².